The number of hydrogen-bond donors (Lipinski definition) is 0. The van der Waals surface area contributed by atoms with Crippen molar-refractivity contribution in [3.8, 4) is 22.4 Å². The van der Waals surface area contributed by atoms with Gasteiger partial charge in [0.1, 0.15) is 0 Å². The third-order valence-electron chi connectivity index (χ3n) is 6.04. The molecule has 5 aromatic rings. The second-order valence-corrected chi connectivity index (χ2v) is 8.06. The molecule has 0 unspecified atom stereocenters. The summed E-state index contributed by atoms with van der Waals surface area (Å²) in [5.41, 5.74) is 6.06. The van der Waals surface area contributed by atoms with Gasteiger partial charge in [-0.3, -0.25) is 9.30 Å². The highest BCUT2D eigenvalue weighted by Gasteiger charge is 2.18. The summed E-state index contributed by atoms with van der Waals surface area (Å²) in [5.74, 6) is 0.942. The quantitative estimate of drug-likeness (QED) is 0.429. The predicted molar refractivity (Wildman–Crippen MR) is 125 cm³/mol. The van der Waals surface area contributed by atoms with Gasteiger partial charge in [-0.2, -0.15) is 0 Å². The van der Waals surface area contributed by atoms with Gasteiger partial charge in [-0.25, -0.2) is 4.98 Å². The standard InChI is InChI=1S/C26H23N5O/c1-3-7-19(8-4-1)21-17-22-23(27-25(21)20-9-5-2-6-10-20)11-12-31-24(28-29-26(22)31)18-30-13-15-32-16-14-30/h1-12,17H,13-16,18H2. The highest BCUT2D eigenvalue weighted by Crippen LogP contribution is 2.34. The lowest BCUT2D eigenvalue weighted by Crippen LogP contribution is -2.36. The first-order chi connectivity index (χ1) is 15.9. The molecule has 0 spiro atoms. The van der Waals surface area contributed by atoms with E-state index >= 15 is 0 Å². The highest BCUT2D eigenvalue weighted by atomic mass is 16.5. The van der Waals surface area contributed by atoms with Crippen LogP contribution in [-0.2, 0) is 11.3 Å². The lowest BCUT2D eigenvalue weighted by Gasteiger charge is -2.25. The molecule has 1 saturated heterocycles. The number of benzene rings is 2. The van der Waals surface area contributed by atoms with Crippen molar-refractivity contribution in [2.24, 2.45) is 0 Å². The molecule has 0 N–H and O–H groups in total. The van der Waals surface area contributed by atoms with Crippen LogP contribution >= 0.6 is 0 Å². The van der Waals surface area contributed by atoms with Gasteiger partial charge in [0.2, 0.25) is 0 Å². The minimum Gasteiger partial charge on any atom is -0.379 e. The van der Waals surface area contributed by atoms with Crippen LogP contribution in [0.5, 0.6) is 0 Å². The van der Waals surface area contributed by atoms with Crippen molar-refractivity contribution in [2.45, 2.75) is 6.54 Å². The van der Waals surface area contributed by atoms with Gasteiger partial charge in [-0.05, 0) is 17.7 Å². The minimum absolute atomic E-state index is 0.761. The fourth-order valence-electron chi connectivity index (χ4n) is 4.36. The molecule has 0 saturated carbocycles. The first-order valence-electron chi connectivity index (χ1n) is 11.0. The van der Waals surface area contributed by atoms with E-state index < -0.39 is 0 Å². The van der Waals surface area contributed by atoms with Crippen LogP contribution in [0.3, 0.4) is 0 Å². The maximum Gasteiger partial charge on any atom is 0.170 e. The molecule has 6 heteroatoms. The third kappa shape index (κ3) is 3.43. The molecule has 4 heterocycles. The van der Waals surface area contributed by atoms with Crippen molar-refractivity contribution >= 4 is 16.6 Å². The first-order valence-corrected chi connectivity index (χ1v) is 11.0. The number of pyridine rings is 2. The maximum atomic E-state index is 5.47. The zero-order valence-corrected chi connectivity index (χ0v) is 17.7. The van der Waals surface area contributed by atoms with Gasteiger partial charge in [-0.15, -0.1) is 10.2 Å². The van der Waals surface area contributed by atoms with Gasteiger partial charge >= 0.3 is 0 Å². The average Bonchev–Trinajstić information content (AvgIpc) is 3.28. The smallest absolute Gasteiger partial charge is 0.170 e. The van der Waals surface area contributed by atoms with Crippen LogP contribution in [0.15, 0.2) is 79.0 Å². The molecule has 0 atom stereocenters. The molecule has 2 aromatic carbocycles. The molecule has 0 radical (unpaired) electrons. The van der Waals surface area contributed by atoms with Crippen LogP contribution < -0.4 is 0 Å². The monoisotopic (exact) mass is 421 g/mol. The van der Waals surface area contributed by atoms with Crippen LogP contribution in [0.4, 0.5) is 0 Å². The SMILES string of the molecule is c1ccc(-c2cc3c(ccn4c(CN5CCOCC5)nnc34)nc2-c2ccccc2)cc1. The van der Waals surface area contributed by atoms with Crippen molar-refractivity contribution < 1.29 is 4.74 Å². The summed E-state index contributed by atoms with van der Waals surface area (Å²) in [6, 6.07) is 25.0. The lowest BCUT2D eigenvalue weighted by molar-refractivity contribution is 0.0329. The van der Waals surface area contributed by atoms with Gasteiger partial charge in [0.05, 0.1) is 31.0 Å². The molecule has 32 heavy (non-hydrogen) atoms. The fourth-order valence-corrected chi connectivity index (χ4v) is 4.36. The number of nitrogens with zero attached hydrogens (tertiary/aromatic N) is 5. The number of ether oxygens (including phenoxy) is 1. The van der Waals surface area contributed by atoms with Crippen molar-refractivity contribution in [2.75, 3.05) is 26.3 Å². The Hall–Kier alpha value is -3.61. The van der Waals surface area contributed by atoms with E-state index in [4.69, 9.17) is 9.72 Å². The fraction of sp³-hybridized carbons (Fsp3) is 0.192. The topological polar surface area (TPSA) is 55.6 Å². The Kier molecular flexibility index (Phi) is 4.86. The molecule has 6 nitrogen and oxygen atoms in total. The summed E-state index contributed by atoms with van der Waals surface area (Å²) in [6.45, 7) is 4.14. The molecule has 3 aromatic heterocycles. The lowest BCUT2D eigenvalue weighted by atomic mass is 9.98. The normalized spacial score (nSPS) is 14.9. The molecular weight excluding hydrogens is 398 g/mol. The molecule has 0 aliphatic carbocycles. The summed E-state index contributed by atoms with van der Waals surface area (Å²) >= 11 is 0. The van der Waals surface area contributed by atoms with E-state index in [0.717, 1.165) is 77.6 Å². The summed E-state index contributed by atoms with van der Waals surface area (Å²) in [4.78, 5) is 7.45. The number of morpholine rings is 1. The van der Waals surface area contributed by atoms with Gasteiger partial charge in [0.25, 0.3) is 0 Å². The zero-order valence-electron chi connectivity index (χ0n) is 17.7. The molecule has 158 valence electrons. The average molecular weight is 422 g/mol. The Bertz CT molecular complexity index is 1380. The van der Waals surface area contributed by atoms with Crippen molar-refractivity contribution in [3.05, 3.63) is 84.8 Å². The Balaban J connectivity index is 1.52. The van der Waals surface area contributed by atoms with Gasteiger partial charge in [-0.1, -0.05) is 60.7 Å². The zero-order chi connectivity index (χ0) is 21.3. The van der Waals surface area contributed by atoms with E-state index in [2.05, 4.69) is 80.2 Å². The summed E-state index contributed by atoms with van der Waals surface area (Å²) in [6.07, 6.45) is 2.04. The van der Waals surface area contributed by atoms with Gasteiger partial charge in [0, 0.05) is 35.8 Å². The van der Waals surface area contributed by atoms with E-state index in [9.17, 15) is 0 Å². The third-order valence-corrected chi connectivity index (χ3v) is 6.04. The van der Waals surface area contributed by atoms with E-state index in [1.54, 1.807) is 0 Å². The molecule has 1 aliphatic heterocycles. The van der Waals surface area contributed by atoms with Crippen molar-refractivity contribution in [1.29, 1.82) is 0 Å². The number of rotatable bonds is 4. The van der Waals surface area contributed by atoms with Gasteiger partial charge < -0.3 is 4.74 Å². The van der Waals surface area contributed by atoms with E-state index in [-0.39, 0.29) is 0 Å². The van der Waals surface area contributed by atoms with Crippen LogP contribution in [-0.4, -0.2) is 50.8 Å². The largest absolute Gasteiger partial charge is 0.379 e. The Labute approximate surface area is 186 Å². The number of aromatic nitrogens is 4. The number of fused-ring (bicyclic) bond motifs is 3. The molecule has 1 fully saturated rings. The summed E-state index contributed by atoms with van der Waals surface area (Å²) < 4.78 is 7.57. The molecule has 6 rings (SSSR count). The van der Waals surface area contributed by atoms with Crippen LogP contribution in [0.1, 0.15) is 5.82 Å². The predicted octanol–water partition coefficient (Wildman–Crippen LogP) is 4.44. The van der Waals surface area contributed by atoms with E-state index in [0.29, 0.717) is 0 Å². The Morgan fingerprint density at radius 3 is 2.28 bits per heavy atom. The van der Waals surface area contributed by atoms with Crippen LogP contribution in [0.2, 0.25) is 0 Å². The summed E-state index contributed by atoms with van der Waals surface area (Å²) in [5, 5.41) is 10.1. The maximum absolute atomic E-state index is 5.47. The highest BCUT2D eigenvalue weighted by molar-refractivity contribution is 5.98. The Morgan fingerprint density at radius 1 is 0.812 bits per heavy atom. The molecule has 1 aliphatic rings. The van der Waals surface area contributed by atoms with Crippen molar-refractivity contribution in [3.63, 3.8) is 0 Å². The Morgan fingerprint density at radius 2 is 1.53 bits per heavy atom. The van der Waals surface area contributed by atoms with Crippen LogP contribution in [0, 0.1) is 0 Å². The first kappa shape index (κ1) is 19.1. The number of hydrogen-bond acceptors (Lipinski definition) is 5. The molecular formula is C26H23N5O. The second kappa shape index (κ2) is 8.15. The van der Waals surface area contributed by atoms with E-state index in [1.165, 1.54) is 0 Å². The van der Waals surface area contributed by atoms with Crippen molar-refractivity contribution in [1.82, 2.24) is 24.5 Å². The molecule has 0 amide bonds. The second-order valence-electron chi connectivity index (χ2n) is 8.06. The summed E-state index contributed by atoms with van der Waals surface area (Å²) in [7, 11) is 0. The minimum atomic E-state index is 0.761. The van der Waals surface area contributed by atoms with E-state index in [1.807, 2.05) is 18.3 Å². The van der Waals surface area contributed by atoms with Crippen LogP contribution in [0.25, 0.3) is 38.9 Å². The molecule has 0 bridgehead atoms. The van der Waals surface area contributed by atoms with Gasteiger partial charge in [0.15, 0.2) is 11.5 Å².